The Morgan fingerprint density at radius 2 is 1.49 bits per heavy atom. The molecular weight excluding hydrogens is 560 g/mol. The second-order valence-corrected chi connectivity index (χ2v) is 11.2. The van der Waals surface area contributed by atoms with Crippen LogP contribution in [0.2, 0.25) is 0 Å². The molecule has 0 aromatic heterocycles. The first-order valence-corrected chi connectivity index (χ1v) is 15.6. The summed E-state index contributed by atoms with van der Waals surface area (Å²) in [5.41, 5.74) is 0.675. The van der Waals surface area contributed by atoms with Crippen LogP contribution in [0.5, 0.6) is 0 Å². The zero-order valence-corrected chi connectivity index (χ0v) is 25.2. The summed E-state index contributed by atoms with van der Waals surface area (Å²) in [6.07, 6.45) is -0.350. The highest BCUT2D eigenvalue weighted by atomic mass is 16.7. The molecule has 246 valence electrons. The minimum Gasteiger partial charge on any atom is -0.394 e. The van der Waals surface area contributed by atoms with E-state index < -0.39 is 55.6 Å². The highest BCUT2D eigenvalue weighted by Gasteiger charge is 2.44. The Labute approximate surface area is 254 Å². The summed E-state index contributed by atoms with van der Waals surface area (Å²) < 4.78 is 10.8. The maximum absolute atomic E-state index is 12.6. The van der Waals surface area contributed by atoms with Crippen molar-refractivity contribution in [1.29, 1.82) is 0 Å². The number of aliphatic hydroxyl groups excluding tert-OH is 6. The number of carbonyl (C=O) groups is 2. The molecule has 2 rings (SSSR count). The van der Waals surface area contributed by atoms with E-state index in [1.807, 2.05) is 18.2 Å². The van der Waals surface area contributed by atoms with Gasteiger partial charge in [0, 0.05) is 18.5 Å². The van der Waals surface area contributed by atoms with E-state index in [2.05, 4.69) is 10.6 Å². The largest absolute Gasteiger partial charge is 0.394 e. The molecule has 1 aliphatic heterocycles. The number of hydrogen-bond acceptors (Lipinski definition) is 10. The van der Waals surface area contributed by atoms with Gasteiger partial charge in [0.1, 0.15) is 30.5 Å². The molecule has 0 spiro atoms. The zero-order chi connectivity index (χ0) is 31.6. The Morgan fingerprint density at radius 3 is 2.09 bits per heavy atom. The maximum Gasteiger partial charge on any atom is 0.251 e. The summed E-state index contributed by atoms with van der Waals surface area (Å²) in [4.78, 5) is 24.6. The van der Waals surface area contributed by atoms with Crippen molar-refractivity contribution >= 4 is 11.8 Å². The number of benzene rings is 1. The van der Waals surface area contributed by atoms with Crippen molar-refractivity contribution in [3.8, 4) is 0 Å². The quantitative estimate of drug-likeness (QED) is 0.0917. The first kappa shape index (κ1) is 37.0. The van der Waals surface area contributed by atoms with E-state index in [1.54, 1.807) is 19.1 Å². The van der Waals surface area contributed by atoms with Crippen LogP contribution >= 0.6 is 0 Å². The molecule has 0 bridgehead atoms. The van der Waals surface area contributed by atoms with Crippen LogP contribution in [0.4, 0.5) is 0 Å². The van der Waals surface area contributed by atoms with E-state index in [4.69, 9.17) is 9.47 Å². The molecule has 43 heavy (non-hydrogen) atoms. The van der Waals surface area contributed by atoms with Crippen LogP contribution in [0.3, 0.4) is 0 Å². The highest BCUT2D eigenvalue weighted by molar-refractivity contribution is 5.94. The van der Waals surface area contributed by atoms with Crippen molar-refractivity contribution in [1.82, 2.24) is 10.6 Å². The molecule has 2 unspecified atom stereocenters. The maximum atomic E-state index is 12.6. The fourth-order valence-electron chi connectivity index (χ4n) is 4.96. The van der Waals surface area contributed by atoms with Crippen LogP contribution < -0.4 is 10.6 Å². The van der Waals surface area contributed by atoms with Crippen molar-refractivity contribution < 1.29 is 49.7 Å². The Bertz CT molecular complexity index is 906. The number of rotatable bonds is 21. The van der Waals surface area contributed by atoms with Gasteiger partial charge >= 0.3 is 0 Å². The van der Waals surface area contributed by atoms with E-state index in [9.17, 15) is 40.2 Å². The van der Waals surface area contributed by atoms with Gasteiger partial charge in [-0.3, -0.25) is 9.59 Å². The lowest BCUT2D eigenvalue weighted by atomic mass is 9.99. The number of ether oxygens (including phenoxy) is 2. The van der Waals surface area contributed by atoms with Gasteiger partial charge in [-0.15, -0.1) is 0 Å². The van der Waals surface area contributed by atoms with Gasteiger partial charge in [0.05, 0.1) is 25.4 Å². The van der Waals surface area contributed by atoms with E-state index in [0.29, 0.717) is 18.5 Å². The van der Waals surface area contributed by atoms with Crippen LogP contribution in [0, 0.1) is 0 Å². The van der Waals surface area contributed by atoms with E-state index in [0.717, 1.165) is 51.4 Å². The molecule has 2 amide bonds. The highest BCUT2D eigenvalue weighted by Crippen LogP contribution is 2.22. The van der Waals surface area contributed by atoms with E-state index in [-0.39, 0.29) is 31.3 Å². The molecule has 8 atom stereocenters. The molecule has 1 saturated heterocycles. The molecule has 1 aromatic rings. The summed E-state index contributed by atoms with van der Waals surface area (Å²) in [5, 5.41) is 65.7. The molecule has 8 N–H and O–H groups in total. The Balaban J connectivity index is 1.59. The molecule has 12 heteroatoms. The average Bonchev–Trinajstić information content (AvgIpc) is 3.02. The molecule has 1 fully saturated rings. The predicted octanol–water partition coefficient (Wildman–Crippen LogP) is 0.751. The first-order valence-electron chi connectivity index (χ1n) is 15.6. The summed E-state index contributed by atoms with van der Waals surface area (Å²) in [7, 11) is 0. The Hall–Kier alpha value is -2.16. The summed E-state index contributed by atoms with van der Waals surface area (Å²) in [6, 6.07) is 8.17. The van der Waals surface area contributed by atoms with Crippen molar-refractivity contribution in [2.24, 2.45) is 0 Å². The van der Waals surface area contributed by atoms with Gasteiger partial charge in [0.15, 0.2) is 6.29 Å². The predicted molar refractivity (Wildman–Crippen MR) is 159 cm³/mol. The number of hydrogen-bond donors (Lipinski definition) is 8. The number of unbranched alkanes of at least 4 members (excludes halogenated alkanes) is 8. The molecule has 1 aromatic carbocycles. The van der Waals surface area contributed by atoms with Crippen molar-refractivity contribution in [3.05, 3.63) is 35.9 Å². The van der Waals surface area contributed by atoms with Gasteiger partial charge in [-0.05, 0) is 31.4 Å². The topological polar surface area (TPSA) is 198 Å². The zero-order valence-electron chi connectivity index (χ0n) is 25.2. The number of carbonyl (C=O) groups excluding carboxylic acids is 2. The average molecular weight is 613 g/mol. The van der Waals surface area contributed by atoms with Gasteiger partial charge < -0.3 is 50.7 Å². The Morgan fingerprint density at radius 1 is 0.884 bits per heavy atom. The lowest BCUT2D eigenvalue weighted by Gasteiger charge is -2.40. The minimum absolute atomic E-state index is 0.0408. The van der Waals surface area contributed by atoms with Gasteiger partial charge in [0.25, 0.3) is 5.91 Å². The van der Waals surface area contributed by atoms with Gasteiger partial charge in [-0.2, -0.15) is 0 Å². The lowest BCUT2D eigenvalue weighted by molar-refractivity contribution is -0.303. The second kappa shape index (κ2) is 20.7. The van der Waals surface area contributed by atoms with Crippen LogP contribution in [0.15, 0.2) is 30.3 Å². The van der Waals surface area contributed by atoms with Crippen LogP contribution in [-0.2, 0) is 14.3 Å². The first-order chi connectivity index (χ1) is 20.7. The van der Waals surface area contributed by atoms with Crippen LogP contribution in [0.25, 0.3) is 0 Å². The number of nitrogens with one attached hydrogen (secondary N) is 2. The second-order valence-electron chi connectivity index (χ2n) is 11.2. The van der Waals surface area contributed by atoms with Gasteiger partial charge in [-0.1, -0.05) is 70.1 Å². The molecular formula is C31H52N2O10. The summed E-state index contributed by atoms with van der Waals surface area (Å²) >= 11 is 0. The van der Waals surface area contributed by atoms with E-state index >= 15 is 0 Å². The number of amides is 2. The standard InChI is InChI=1S/C31H52N2O10/c1-2-23(35)26(37)22(20-42-31-29(40)28(39)27(38)24(19-34)43-31)33-25(36)17-13-8-6-4-3-5-7-9-14-18-32-30(41)21-15-11-10-12-16-21/h10-12,15-16,22-24,26-29,31,34-35,37-40H,2-9,13-14,17-20H2,1H3,(H,32,41)(H,33,36)/t22-,23+,24?,26-,27-,28?,29+,31-/m0/s1. The fourth-order valence-corrected chi connectivity index (χ4v) is 4.96. The van der Waals surface area contributed by atoms with Crippen LogP contribution in [0.1, 0.15) is 87.9 Å². The third-order valence-corrected chi connectivity index (χ3v) is 7.76. The van der Waals surface area contributed by atoms with Gasteiger partial charge in [-0.25, -0.2) is 0 Å². The molecule has 1 heterocycles. The summed E-state index contributed by atoms with van der Waals surface area (Å²) in [5.74, 6) is -0.356. The van der Waals surface area contributed by atoms with Crippen molar-refractivity contribution in [2.75, 3.05) is 19.8 Å². The molecule has 12 nitrogen and oxygen atoms in total. The number of aliphatic hydroxyl groups is 6. The third kappa shape index (κ3) is 13.2. The lowest BCUT2D eigenvalue weighted by Crippen LogP contribution is -2.60. The SMILES string of the molecule is CC[C@@H](O)[C@@H](O)[C@H](CO[C@H]1OC(CO)[C@H](O)C(O)[C@H]1O)NC(=O)CCCCCCCCCCCNC(=O)c1ccccc1. The third-order valence-electron chi connectivity index (χ3n) is 7.76. The monoisotopic (exact) mass is 612 g/mol. The van der Waals surface area contributed by atoms with Crippen molar-refractivity contribution in [3.63, 3.8) is 0 Å². The molecule has 0 radical (unpaired) electrons. The molecule has 0 saturated carbocycles. The summed E-state index contributed by atoms with van der Waals surface area (Å²) in [6.45, 7) is 1.40. The smallest absolute Gasteiger partial charge is 0.251 e. The Kier molecular flexibility index (Phi) is 17.9. The minimum atomic E-state index is -1.62. The van der Waals surface area contributed by atoms with Gasteiger partial charge in [0.2, 0.25) is 5.91 Å². The molecule has 0 aliphatic carbocycles. The fraction of sp³-hybridized carbons (Fsp3) is 0.742. The molecule has 1 aliphatic rings. The van der Waals surface area contributed by atoms with Crippen molar-refractivity contribution in [2.45, 2.75) is 127 Å². The normalized spacial score (nSPS) is 24.2. The van der Waals surface area contributed by atoms with E-state index in [1.165, 1.54) is 0 Å². The van der Waals surface area contributed by atoms with Crippen LogP contribution in [-0.4, -0.2) is 111 Å².